The molecule has 1 heterocycles. The number of amides is 1. The molecular formula is C10H18ClNO3S. The van der Waals surface area contributed by atoms with E-state index in [0.29, 0.717) is 11.6 Å². The Morgan fingerprint density at radius 3 is 2.81 bits per heavy atom. The lowest BCUT2D eigenvalue weighted by atomic mass is 10.2. The van der Waals surface area contributed by atoms with Crippen molar-refractivity contribution < 1.29 is 14.6 Å². The third-order valence-electron chi connectivity index (χ3n) is 2.15. The molecule has 1 unspecified atom stereocenters. The van der Waals surface area contributed by atoms with Gasteiger partial charge in [0, 0.05) is 5.75 Å². The first-order valence-electron chi connectivity index (χ1n) is 5.16. The van der Waals surface area contributed by atoms with Gasteiger partial charge in [0.1, 0.15) is 5.60 Å². The molecular weight excluding hydrogens is 250 g/mol. The van der Waals surface area contributed by atoms with E-state index in [-0.39, 0.29) is 18.0 Å². The van der Waals surface area contributed by atoms with Gasteiger partial charge in [-0.2, -0.15) is 0 Å². The molecule has 4 nitrogen and oxygen atoms in total. The van der Waals surface area contributed by atoms with Crippen LogP contribution >= 0.6 is 23.4 Å². The molecule has 1 fully saturated rings. The second kappa shape index (κ2) is 5.47. The average Bonchev–Trinajstić information content (AvgIpc) is 2.62. The van der Waals surface area contributed by atoms with Gasteiger partial charge >= 0.3 is 6.09 Å². The van der Waals surface area contributed by atoms with Gasteiger partial charge < -0.3 is 9.84 Å². The Kier molecular flexibility index (Phi) is 4.76. The Morgan fingerprint density at radius 2 is 2.31 bits per heavy atom. The lowest BCUT2D eigenvalue weighted by Gasteiger charge is -2.29. The Labute approximate surface area is 105 Å². The highest BCUT2D eigenvalue weighted by atomic mass is 35.5. The van der Waals surface area contributed by atoms with Crippen LogP contribution in [0, 0.1) is 0 Å². The van der Waals surface area contributed by atoms with Crippen molar-refractivity contribution in [1.29, 1.82) is 0 Å². The molecule has 0 saturated carbocycles. The van der Waals surface area contributed by atoms with Crippen molar-refractivity contribution in [3.8, 4) is 0 Å². The predicted molar refractivity (Wildman–Crippen MR) is 65.9 cm³/mol. The summed E-state index contributed by atoms with van der Waals surface area (Å²) in [5.74, 6) is 1.38. The first-order valence-corrected chi connectivity index (χ1v) is 6.85. The van der Waals surface area contributed by atoms with Crippen molar-refractivity contribution in [2.45, 2.75) is 38.5 Å². The number of thioether (sulfide) groups is 1. The molecule has 16 heavy (non-hydrogen) atoms. The van der Waals surface area contributed by atoms with Crippen molar-refractivity contribution in [1.82, 2.24) is 4.90 Å². The van der Waals surface area contributed by atoms with E-state index in [1.54, 1.807) is 16.7 Å². The van der Waals surface area contributed by atoms with Crippen LogP contribution in [0.25, 0.3) is 0 Å². The second-order valence-corrected chi connectivity index (χ2v) is 6.05. The van der Waals surface area contributed by atoms with Crippen LogP contribution < -0.4 is 0 Å². The van der Waals surface area contributed by atoms with Crippen LogP contribution in [-0.2, 0) is 4.74 Å². The molecule has 0 aliphatic carbocycles. The molecule has 1 aliphatic heterocycles. The van der Waals surface area contributed by atoms with Crippen LogP contribution in [0.15, 0.2) is 0 Å². The number of carbonyl (C=O) groups is 1. The van der Waals surface area contributed by atoms with E-state index in [1.807, 2.05) is 20.8 Å². The minimum atomic E-state index is -0.691. The van der Waals surface area contributed by atoms with Gasteiger partial charge in [0.05, 0.1) is 23.9 Å². The lowest BCUT2D eigenvalue weighted by molar-refractivity contribution is 0.0103. The van der Waals surface area contributed by atoms with Gasteiger partial charge in [0.15, 0.2) is 0 Å². The topological polar surface area (TPSA) is 49.8 Å². The van der Waals surface area contributed by atoms with E-state index in [9.17, 15) is 9.90 Å². The van der Waals surface area contributed by atoms with Gasteiger partial charge in [-0.05, 0) is 20.8 Å². The first kappa shape index (κ1) is 13.9. The molecule has 0 aromatic rings. The van der Waals surface area contributed by atoms with E-state index in [1.165, 1.54) is 0 Å². The quantitative estimate of drug-likeness (QED) is 0.777. The average molecular weight is 268 g/mol. The molecule has 2 atom stereocenters. The van der Waals surface area contributed by atoms with Crippen LogP contribution in [0.1, 0.15) is 20.8 Å². The van der Waals surface area contributed by atoms with Crippen LogP contribution in [0.2, 0.25) is 0 Å². The number of ether oxygens (including phenoxy) is 1. The molecule has 0 bridgehead atoms. The third-order valence-corrected chi connectivity index (χ3v) is 3.50. The van der Waals surface area contributed by atoms with Gasteiger partial charge in [-0.1, -0.05) is 0 Å². The minimum Gasteiger partial charge on any atom is -0.444 e. The summed E-state index contributed by atoms with van der Waals surface area (Å²) in [6, 6.07) is -0.239. The number of aliphatic hydroxyl groups is 1. The first-order chi connectivity index (χ1) is 7.35. The maximum Gasteiger partial charge on any atom is 0.411 e. The second-order valence-electron chi connectivity index (χ2n) is 4.74. The van der Waals surface area contributed by atoms with Crippen molar-refractivity contribution in [2.24, 2.45) is 0 Å². The van der Waals surface area contributed by atoms with Gasteiger partial charge in [0.2, 0.25) is 0 Å². The Morgan fingerprint density at radius 1 is 1.69 bits per heavy atom. The number of halogens is 1. The number of hydrogen-bond donors (Lipinski definition) is 1. The van der Waals surface area contributed by atoms with E-state index >= 15 is 0 Å². The molecule has 94 valence electrons. The molecule has 1 amide bonds. The van der Waals surface area contributed by atoms with Gasteiger partial charge in [0.25, 0.3) is 0 Å². The molecule has 0 radical (unpaired) electrons. The number of nitrogens with zero attached hydrogens (tertiary/aromatic N) is 1. The molecule has 1 N–H and O–H groups in total. The van der Waals surface area contributed by atoms with Gasteiger partial charge in [-0.15, -0.1) is 23.4 Å². The lowest BCUT2D eigenvalue weighted by Crippen LogP contribution is -2.46. The summed E-state index contributed by atoms with van der Waals surface area (Å²) in [6.45, 7) is 5.46. The highest BCUT2D eigenvalue weighted by molar-refractivity contribution is 7.99. The monoisotopic (exact) mass is 267 g/mol. The summed E-state index contributed by atoms with van der Waals surface area (Å²) in [6.07, 6.45) is -1.07. The fourth-order valence-corrected chi connectivity index (χ4v) is 2.84. The summed E-state index contributed by atoms with van der Waals surface area (Å²) in [5, 5.41) is 9.68. The summed E-state index contributed by atoms with van der Waals surface area (Å²) >= 11 is 7.19. The molecule has 1 aliphatic rings. The summed E-state index contributed by atoms with van der Waals surface area (Å²) in [7, 11) is 0. The zero-order valence-corrected chi connectivity index (χ0v) is 11.3. The smallest absolute Gasteiger partial charge is 0.411 e. The highest BCUT2D eigenvalue weighted by Gasteiger charge is 2.36. The minimum absolute atomic E-state index is 0.129. The fourth-order valence-electron chi connectivity index (χ4n) is 1.39. The molecule has 0 aromatic heterocycles. The number of hydrogen-bond acceptors (Lipinski definition) is 4. The number of carbonyl (C=O) groups excluding carboxylic acids is 1. The Bertz CT molecular complexity index is 257. The molecule has 6 heteroatoms. The zero-order chi connectivity index (χ0) is 12.3. The molecule has 1 rings (SSSR count). The third kappa shape index (κ3) is 3.71. The largest absolute Gasteiger partial charge is 0.444 e. The highest BCUT2D eigenvalue weighted by Crippen LogP contribution is 2.25. The Balaban J connectivity index is 2.61. The number of rotatable bonds is 2. The number of aliphatic hydroxyl groups excluding tert-OH is 1. The predicted octanol–water partition coefficient (Wildman–Crippen LogP) is 1.90. The van der Waals surface area contributed by atoms with Gasteiger partial charge in [-0.25, -0.2) is 4.79 Å². The Hall–Kier alpha value is -0.130. The number of alkyl halides is 1. The van der Waals surface area contributed by atoms with Crippen LogP contribution in [0.4, 0.5) is 4.79 Å². The fraction of sp³-hybridized carbons (Fsp3) is 0.900. The normalized spacial score (nSPS) is 23.3. The van der Waals surface area contributed by atoms with E-state index in [0.717, 1.165) is 0 Å². The van der Waals surface area contributed by atoms with Crippen LogP contribution in [0.5, 0.6) is 0 Å². The molecule has 1 saturated heterocycles. The molecule has 0 aromatic carbocycles. The van der Waals surface area contributed by atoms with Crippen LogP contribution in [0.3, 0.4) is 0 Å². The standard InChI is InChI=1S/C10H18ClNO3S/c1-10(2,3)15-9(14)12-6-16-5-7(12)8(13)4-11/h7-8,13H,4-6H2,1-3H3/t7-,8?/m1/s1. The maximum absolute atomic E-state index is 11.8. The summed E-state index contributed by atoms with van der Waals surface area (Å²) in [5.41, 5.74) is -0.513. The summed E-state index contributed by atoms with van der Waals surface area (Å²) in [4.78, 5) is 13.4. The molecule has 0 spiro atoms. The van der Waals surface area contributed by atoms with Gasteiger partial charge in [-0.3, -0.25) is 4.90 Å². The maximum atomic E-state index is 11.8. The van der Waals surface area contributed by atoms with Crippen molar-refractivity contribution in [2.75, 3.05) is 17.5 Å². The SMILES string of the molecule is CC(C)(C)OC(=O)N1CSC[C@@H]1C(O)CCl. The zero-order valence-electron chi connectivity index (χ0n) is 9.77. The van der Waals surface area contributed by atoms with Crippen LogP contribution in [-0.4, -0.2) is 51.4 Å². The van der Waals surface area contributed by atoms with Crippen molar-refractivity contribution >= 4 is 29.5 Å². The summed E-state index contributed by atoms with van der Waals surface area (Å²) < 4.78 is 5.27. The van der Waals surface area contributed by atoms with E-state index in [4.69, 9.17) is 16.3 Å². The van der Waals surface area contributed by atoms with E-state index in [2.05, 4.69) is 0 Å². The van der Waals surface area contributed by atoms with Crippen molar-refractivity contribution in [3.05, 3.63) is 0 Å². The van der Waals surface area contributed by atoms with E-state index < -0.39 is 11.7 Å². The van der Waals surface area contributed by atoms with Crippen molar-refractivity contribution in [3.63, 3.8) is 0 Å².